The Bertz CT molecular complexity index is 547. The predicted octanol–water partition coefficient (Wildman–Crippen LogP) is 2.37. The highest BCUT2D eigenvalue weighted by atomic mass is 16.5. The molecule has 0 atom stereocenters. The number of nitrogens with zero attached hydrogens (tertiary/aromatic N) is 3. The van der Waals surface area contributed by atoms with E-state index in [0.29, 0.717) is 19.0 Å². The van der Waals surface area contributed by atoms with Crippen molar-refractivity contribution >= 4 is 11.6 Å². The molecule has 0 bridgehead atoms. The molecule has 0 spiro atoms. The maximum Gasteiger partial charge on any atom is 0.158 e. The number of nitrogens with one attached hydrogen (secondary N) is 2. The fourth-order valence-electron chi connectivity index (χ4n) is 1.85. The first-order chi connectivity index (χ1) is 10.2. The number of ether oxygens (including phenoxy) is 1. The minimum absolute atomic E-state index is 0.389. The zero-order valence-electron chi connectivity index (χ0n) is 12.7. The van der Waals surface area contributed by atoms with Gasteiger partial charge in [-0.2, -0.15) is 0 Å². The smallest absolute Gasteiger partial charge is 0.158 e. The summed E-state index contributed by atoms with van der Waals surface area (Å²) in [7, 11) is 1.63. The molecule has 0 amide bonds. The van der Waals surface area contributed by atoms with Crippen LogP contribution in [0.2, 0.25) is 0 Å². The molecule has 0 aliphatic heterocycles. The number of methoxy groups -OCH3 is 1. The summed E-state index contributed by atoms with van der Waals surface area (Å²) in [5, 5.41) is 6.48. The maximum absolute atomic E-state index is 5.10. The van der Waals surface area contributed by atoms with Crippen molar-refractivity contribution in [3.05, 3.63) is 41.5 Å². The zero-order chi connectivity index (χ0) is 15.1. The second-order valence-electron chi connectivity index (χ2n) is 4.68. The van der Waals surface area contributed by atoms with Crippen molar-refractivity contribution in [2.75, 3.05) is 24.3 Å². The maximum atomic E-state index is 5.10. The topological polar surface area (TPSA) is 72.0 Å². The van der Waals surface area contributed by atoms with Gasteiger partial charge in [0, 0.05) is 38.2 Å². The number of hydrogen-bond donors (Lipinski definition) is 2. The summed E-state index contributed by atoms with van der Waals surface area (Å²) in [6.07, 6.45) is 1.87. The molecule has 21 heavy (non-hydrogen) atoms. The number of rotatable bonds is 7. The molecule has 112 valence electrons. The first kappa shape index (κ1) is 15.2. The highest BCUT2D eigenvalue weighted by molar-refractivity contribution is 5.47. The normalized spacial score (nSPS) is 10.4. The fourth-order valence-corrected chi connectivity index (χ4v) is 1.85. The van der Waals surface area contributed by atoms with E-state index in [2.05, 4.69) is 31.7 Å². The van der Waals surface area contributed by atoms with Crippen LogP contribution in [0.5, 0.6) is 0 Å². The van der Waals surface area contributed by atoms with Gasteiger partial charge in [-0.05, 0) is 25.5 Å². The third-order valence-corrected chi connectivity index (χ3v) is 2.85. The summed E-state index contributed by atoms with van der Waals surface area (Å²) in [4.78, 5) is 13.1. The lowest BCUT2D eigenvalue weighted by Crippen LogP contribution is -2.09. The molecule has 0 aliphatic carbocycles. The van der Waals surface area contributed by atoms with Gasteiger partial charge in [0.05, 0.1) is 0 Å². The van der Waals surface area contributed by atoms with E-state index in [1.807, 2.05) is 32.2 Å². The Morgan fingerprint density at radius 1 is 1.14 bits per heavy atom. The van der Waals surface area contributed by atoms with Crippen LogP contribution in [0.4, 0.5) is 11.6 Å². The van der Waals surface area contributed by atoms with E-state index in [1.165, 1.54) is 0 Å². The minimum Gasteiger partial charge on any atom is -0.377 e. The van der Waals surface area contributed by atoms with E-state index in [4.69, 9.17) is 4.74 Å². The summed E-state index contributed by atoms with van der Waals surface area (Å²) in [6, 6.07) is 5.94. The lowest BCUT2D eigenvalue weighted by Gasteiger charge is -2.10. The standard InChI is InChI=1S/C15H21N5O/c1-4-16-13-7-14(20-15(19-13)10-21-3)18-9-12-6-5-11(2)17-8-12/h5-8H,4,9-10H2,1-3H3,(H2,16,18,19,20). The van der Waals surface area contributed by atoms with Crippen LogP contribution in [-0.2, 0) is 17.9 Å². The van der Waals surface area contributed by atoms with Gasteiger partial charge in [0.2, 0.25) is 0 Å². The van der Waals surface area contributed by atoms with Gasteiger partial charge in [0.25, 0.3) is 0 Å². The molecule has 6 nitrogen and oxygen atoms in total. The molecule has 0 saturated heterocycles. The lowest BCUT2D eigenvalue weighted by molar-refractivity contribution is 0.178. The molecule has 6 heteroatoms. The summed E-state index contributed by atoms with van der Waals surface area (Å²) in [6.45, 7) is 5.87. The monoisotopic (exact) mass is 287 g/mol. The highest BCUT2D eigenvalue weighted by Gasteiger charge is 2.04. The third kappa shape index (κ3) is 4.68. The van der Waals surface area contributed by atoms with Gasteiger partial charge in [-0.1, -0.05) is 6.07 Å². The van der Waals surface area contributed by atoms with Crippen LogP contribution in [0.25, 0.3) is 0 Å². The van der Waals surface area contributed by atoms with Gasteiger partial charge >= 0.3 is 0 Å². The van der Waals surface area contributed by atoms with Gasteiger partial charge in [-0.15, -0.1) is 0 Å². The Kier molecular flexibility index (Phi) is 5.45. The summed E-state index contributed by atoms with van der Waals surface area (Å²) in [5.74, 6) is 2.22. The van der Waals surface area contributed by atoms with Gasteiger partial charge in [0.15, 0.2) is 5.82 Å². The molecule has 0 saturated carbocycles. The predicted molar refractivity (Wildman–Crippen MR) is 83.2 cm³/mol. The van der Waals surface area contributed by atoms with Crippen LogP contribution in [-0.4, -0.2) is 28.6 Å². The first-order valence-electron chi connectivity index (χ1n) is 6.97. The Hall–Kier alpha value is -2.21. The highest BCUT2D eigenvalue weighted by Crippen LogP contribution is 2.13. The molecule has 0 aliphatic rings. The summed E-state index contributed by atoms with van der Waals surface area (Å²) < 4.78 is 5.10. The Morgan fingerprint density at radius 2 is 1.90 bits per heavy atom. The van der Waals surface area contributed by atoms with Crippen molar-refractivity contribution in [1.82, 2.24) is 15.0 Å². The van der Waals surface area contributed by atoms with Crippen LogP contribution in [0.3, 0.4) is 0 Å². The number of hydrogen-bond acceptors (Lipinski definition) is 6. The number of aromatic nitrogens is 3. The zero-order valence-corrected chi connectivity index (χ0v) is 12.7. The fraction of sp³-hybridized carbons (Fsp3) is 0.400. The second-order valence-corrected chi connectivity index (χ2v) is 4.68. The van der Waals surface area contributed by atoms with Crippen LogP contribution < -0.4 is 10.6 Å². The van der Waals surface area contributed by atoms with Gasteiger partial charge in [-0.25, -0.2) is 9.97 Å². The third-order valence-electron chi connectivity index (χ3n) is 2.85. The van der Waals surface area contributed by atoms with Crippen molar-refractivity contribution in [1.29, 1.82) is 0 Å². The van der Waals surface area contributed by atoms with E-state index >= 15 is 0 Å². The number of aryl methyl sites for hydroxylation is 1. The van der Waals surface area contributed by atoms with E-state index in [1.54, 1.807) is 7.11 Å². The van der Waals surface area contributed by atoms with Gasteiger partial charge < -0.3 is 15.4 Å². The van der Waals surface area contributed by atoms with E-state index in [-0.39, 0.29) is 0 Å². The Balaban J connectivity index is 2.08. The van der Waals surface area contributed by atoms with E-state index < -0.39 is 0 Å². The summed E-state index contributed by atoms with van der Waals surface area (Å²) >= 11 is 0. The van der Waals surface area contributed by atoms with Crippen LogP contribution in [0.1, 0.15) is 24.0 Å². The van der Waals surface area contributed by atoms with Crippen molar-refractivity contribution in [2.45, 2.75) is 27.0 Å². The minimum atomic E-state index is 0.389. The van der Waals surface area contributed by atoms with Crippen molar-refractivity contribution in [3.8, 4) is 0 Å². The van der Waals surface area contributed by atoms with Gasteiger partial charge in [-0.3, -0.25) is 4.98 Å². The van der Waals surface area contributed by atoms with Crippen molar-refractivity contribution < 1.29 is 4.74 Å². The molecular formula is C15H21N5O. The molecule has 2 aromatic heterocycles. The number of pyridine rings is 1. The molecule has 2 heterocycles. The van der Waals surface area contributed by atoms with Crippen molar-refractivity contribution in [3.63, 3.8) is 0 Å². The van der Waals surface area contributed by atoms with Crippen molar-refractivity contribution in [2.24, 2.45) is 0 Å². The van der Waals surface area contributed by atoms with Crippen LogP contribution in [0.15, 0.2) is 24.4 Å². The Morgan fingerprint density at radius 3 is 2.52 bits per heavy atom. The SMILES string of the molecule is CCNc1cc(NCc2ccc(C)nc2)nc(COC)n1. The largest absolute Gasteiger partial charge is 0.377 e. The average Bonchev–Trinajstić information content (AvgIpc) is 2.47. The summed E-state index contributed by atoms with van der Waals surface area (Å²) in [5.41, 5.74) is 2.12. The molecule has 0 unspecified atom stereocenters. The number of anilines is 2. The Labute approximate surface area is 125 Å². The van der Waals surface area contributed by atoms with Crippen LogP contribution in [0, 0.1) is 6.92 Å². The molecule has 0 radical (unpaired) electrons. The lowest BCUT2D eigenvalue weighted by atomic mass is 10.2. The molecule has 2 aromatic rings. The second kappa shape index (κ2) is 7.54. The average molecular weight is 287 g/mol. The van der Waals surface area contributed by atoms with E-state index in [0.717, 1.165) is 29.4 Å². The van der Waals surface area contributed by atoms with Gasteiger partial charge in [0.1, 0.15) is 18.2 Å². The quantitative estimate of drug-likeness (QED) is 0.814. The molecule has 2 rings (SSSR count). The molecule has 2 N–H and O–H groups in total. The molecule has 0 aromatic carbocycles. The van der Waals surface area contributed by atoms with E-state index in [9.17, 15) is 0 Å². The van der Waals surface area contributed by atoms with Crippen LogP contribution >= 0.6 is 0 Å². The molecule has 0 fully saturated rings. The molecular weight excluding hydrogens is 266 g/mol. The first-order valence-corrected chi connectivity index (χ1v) is 6.97.